The number of aliphatic hydroxyl groups is 2. The zero-order valence-electron chi connectivity index (χ0n) is 34.4. The number of esters is 2. The minimum atomic E-state index is -4.64. The molecule has 3 N–H and O–H groups in total. The maximum absolute atomic E-state index is 12.5. The number of allylic oxidation sites excluding steroid dienone is 10. The zero-order valence-corrected chi connectivity index (χ0v) is 35.3. The van der Waals surface area contributed by atoms with Gasteiger partial charge in [-0.3, -0.25) is 18.6 Å². The Balaban J connectivity index is 4.33. The van der Waals surface area contributed by atoms with Crippen LogP contribution in [0.25, 0.3) is 0 Å². The largest absolute Gasteiger partial charge is 0.472 e. The summed E-state index contributed by atoms with van der Waals surface area (Å²) in [5, 5.41) is 18.3. The van der Waals surface area contributed by atoms with Gasteiger partial charge < -0.3 is 24.6 Å². The second kappa shape index (κ2) is 39.9. The molecule has 0 aromatic heterocycles. The van der Waals surface area contributed by atoms with Crippen molar-refractivity contribution in [1.82, 2.24) is 0 Å². The number of unbranched alkanes of at least 4 members (excludes halogenated alkanes) is 19. The van der Waals surface area contributed by atoms with Gasteiger partial charge in [-0.25, -0.2) is 4.57 Å². The molecule has 2 unspecified atom stereocenters. The highest BCUT2D eigenvalue weighted by atomic mass is 31.2. The Labute approximate surface area is 334 Å². The van der Waals surface area contributed by atoms with Gasteiger partial charge in [0.2, 0.25) is 0 Å². The van der Waals surface area contributed by atoms with Gasteiger partial charge in [0, 0.05) is 12.8 Å². The number of carbonyl (C=O) groups excluding carboxylic acids is 2. The van der Waals surface area contributed by atoms with Gasteiger partial charge in [0.25, 0.3) is 0 Å². The van der Waals surface area contributed by atoms with Gasteiger partial charge in [-0.2, -0.15) is 0 Å². The smallest absolute Gasteiger partial charge is 0.462 e. The lowest BCUT2D eigenvalue weighted by atomic mass is 10.0. The van der Waals surface area contributed by atoms with Crippen LogP contribution in [0, 0.1) is 0 Å². The Morgan fingerprint density at radius 3 is 1.49 bits per heavy atom. The van der Waals surface area contributed by atoms with Crippen molar-refractivity contribution in [3.8, 4) is 0 Å². The van der Waals surface area contributed by atoms with E-state index in [1.165, 1.54) is 96.3 Å². The predicted octanol–water partition coefficient (Wildman–Crippen LogP) is 11.1. The highest BCUT2D eigenvalue weighted by Gasteiger charge is 2.27. The van der Waals surface area contributed by atoms with Gasteiger partial charge in [0.1, 0.15) is 12.7 Å². The van der Waals surface area contributed by atoms with Crippen molar-refractivity contribution in [3.05, 3.63) is 60.8 Å². The summed E-state index contributed by atoms with van der Waals surface area (Å²) in [6.45, 7) is 2.15. The first kappa shape index (κ1) is 52.7. The molecule has 0 radical (unpaired) electrons. The molecule has 55 heavy (non-hydrogen) atoms. The summed E-state index contributed by atoms with van der Waals surface area (Å²) in [5.41, 5.74) is 0. The van der Waals surface area contributed by atoms with Crippen LogP contribution in [0.2, 0.25) is 0 Å². The average Bonchev–Trinajstić information content (AvgIpc) is 3.17. The van der Waals surface area contributed by atoms with Gasteiger partial charge in [0.15, 0.2) is 6.10 Å². The van der Waals surface area contributed by atoms with Crippen LogP contribution in [0.1, 0.15) is 168 Å². The van der Waals surface area contributed by atoms with Crippen LogP contribution in [-0.2, 0) is 32.7 Å². The Hall–Kier alpha value is -2.33. The maximum Gasteiger partial charge on any atom is 0.472 e. The quantitative estimate of drug-likeness (QED) is 0.0237. The number of carbonyl (C=O) groups is 2. The third-order valence-corrected chi connectivity index (χ3v) is 9.77. The Bertz CT molecular complexity index is 1100. The molecule has 0 aromatic carbocycles. The topological polar surface area (TPSA) is 149 Å². The number of phosphoric ester groups is 1. The van der Waals surface area contributed by atoms with E-state index in [1.807, 2.05) is 54.7 Å². The molecule has 0 fully saturated rings. The van der Waals surface area contributed by atoms with E-state index in [2.05, 4.69) is 24.4 Å². The van der Waals surface area contributed by atoms with Crippen LogP contribution >= 0.6 is 7.82 Å². The molecule has 318 valence electrons. The summed E-state index contributed by atoms with van der Waals surface area (Å²) in [4.78, 5) is 34.9. The SMILES string of the molecule is CC/C=C/C=C/C=C/C=C/C=C/CCCC(=O)OC(COC(=O)CCCCCCCCCCCCCCCCCCCCC)COP(=O)(O)OC[C@H](O)CO. The summed E-state index contributed by atoms with van der Waals surface area (Å²) in [6.07, 6.45) is 43.5. The summed E-state index contributed by atoms with van der Waals surface area (Å²) >= 11 is 0. The van der Waals surface area contributed by atoms with Gasteiger partial charge in [-0.1, -0.05) is 190 Å². The van der Waals surface area contributed by atoms with E-state index in [9.17, 15) is 24.2 Å². The molecule has 0 aromatic rings. The number of hydrogen-bond acceptors (Lipinski definition) is 9. The van der Waals surface area contributed by atoms with Crippen molar-refractivity contribution in [1.29, 1.82) is 0 Å². The minimum Gasteiger partial charge on any atom is -0.462 e. The highest BCUT2D eigenvalue weighted by Crippen LogP contribution is 2.43. The van der Waals surface area contributed by atoms with Gasteiger partial charge in [-0.05, 0) is 25.7 Å². The first-order chi connectivity index (χ1) is 26.7. The highest BCUT2D eigenvalue weighted by molar-refractivity contribution is 7.47. The number of ether oxygens (including phenoxy) is 2. The average molecular weight is 797 g/mol. The molecule has 0 aliphatic heterocycles. The second-order valence-corrected chi connectivity index (χ2v) is 15.6. The fourth-order valence-corrected chi connectivity index (χ4v) is 6.34. The molecule has 3 atom stereocenters. The van der Waals surface area contributed by atoms with Gasteiger partial charge in [-0.15, -0.1) is 0 Å². The molecular weight excluding hydrogens is 719 g/mol. The maximum atomic E-state index is 12.5. The van der Waals surface area contributed by atoms with E-state index in [-0.39, 0.29) is 19.4 Å². The van der Waals surface area contributed by atoms with Crippen LogP contribution in [0.15, 0.2) is 60.8 Å². The van der Waals surface area contributed by atoms with Crippen molar-refractivity contribution in [2.75, 3.05) is 26.4 Å². The van der Waals surface area contributed by atoms with Crippen molar-refractivity contribution in [2.45, 2.75) is 180 Å². The van der Waals surface area contributed by atoms with Crippen LogP contribution in [0.4, 0.5) is 0 Å². The molecule has 0 saturated carbocycles. The van der Waals surface area contributed by atoms with Crippen LogP contribution in [0.3, 0.4) is 0 Å². The molecule has 0 amide bonds. The van der Waals surface area contributed by atoms with Crippen molar-refractivity contribution in [2.24, 2.45) is 0 Å². The van der Waals surface area contributed by atoms with Gasteiger partial charge in [0.05, 0.1) is 19.8 Å². The van der Waals surface area contributed by atoms with Gasteiger partial charge >= 0.3 is 19.8 Å². The van der Waals surface area contributed by atoms with Crippen molar-refractivity contribution in [3.63, 3.8) is 0 Å². The first-order valence-electron chi connectivity index (χ1n) is 21.3. The van der Waals surface area contributed by atoms with Crippen LogP contribution in [-0.4, -0.2) is 65.7 Å². The molecule has 11 heteroatoms. The molecule has 10 nitrogen and oxygen atoms in total. The molecule has 0 spiro atoms. The second-order valence-electron chi connectivity index (χ2n) is 14.1. The molecule has 0 aliphatic carbocycles. The fraction of sp³-hybridized carbons (Fsp3) is 0.727. The first-order valence-corrected chi connectivity index (χ1v) is 22.8. The minimum absolute atomic E-state index is 0.0871. The fourth-order valence-electron chi connectivity index (χ4n) is 5.55. The normalized spacial score (nSPS) is 14.5. The Morgan fingerprint density at radius 2 is 1.00 bits per heavy atom. The number of phosphoric acid groups is 1. The van der Waals surface area contributed by atoms with E-state index in [0.29, 0.717) is 19.3 Å². The number of rotatable bonds is 39. The molecule has 0 bridgehead atoms. The predicted molar refractivity (Wildman–Crippen MR) is 224 cm³/mol. The van der Waals surface area contributed by atoms with E-state index in [4.69, 9.17) is 19.1 Å². The molecular formula is C44H77O10P. The number of aliphatic hydroxyl groups excluding tert-OH is 2. The molecule has 0 heterocycles. The monoisotopic (exact) mass is 797 g/mol. The Morgan fingerprint density at radius 1 is 0.564 bits per heavy atom. The lowest BCUT2D eigenvalue weighted by molar-refractivity contribution is -0.161. The summed E-state index contributed by atoms with van der Waals surface area (Å²) < 4.78 is 32.6. The summed E-state index contributed by atoms with van der Waals surface area (Å²) in [6, 6.07) is 0. The standard InChI is InChI=1S/C44H77O10P/c1-3-5-7-9-11-13-15-17-18-19-20-21-22-24-25-27-29-31-33-35-43(47)51-39-42(40-53-55(49,50)52-38-41(46)37-45)54-44(48)36-34-32-30-28-26-23-16-14-12-10-8-6-4-2/h6,8,10,12,14,16,23,26,28,30,41-42,45-46H,3-5,7,9,11,13,15,17-22,24-25,27,29,31-40H2,1-2H3,(H,49,50)/b8-6+,12-10+,16-14+,26-23+,30-28+/t41-,42?/m1/s1. The molecule has 0 saturated heterocycles. The molecule has 0 rings (SSSR count). The summed E-state index contributed by atoms with van der Waals surface area (Å²) in [7, 11) is -4.64. The lowest BCUT2D eigenvalue weighted by Crippen LogP contribution is -2.29. The van der Waals surface area contributed by atoms with Crippen LogP contribution < -0.4 is 0 Å². The van der Waals surface area contributed by atoms with E-state index < -0.39 is 51.8 Å². The lowest BCUT2D eigenvalue weighted by Gasteiger charge is -2.20. The summed E-state index contributed by atoms with van der Waals surface area (Å²) in [5.74, 6) is -1.01. The third-order valence-electron chi connectivity index (χ3n) is 8.81. The van der Waals surface area contributed by atoms with Crippen LogP contribution in [0.5, 0.6) is 0 Å². The Kier molecular flexibility index (Phi) is 38.2. The van der Waals surface area contributed by atoms with E-state index in [1.54, 1.807) is 0 Å². The number of hydrogen-bond donors (Lipinski definition) is 3. The van der Waals surface area contributed by atoms with E-state index in [0.717, 1.165) is 25.7 Å². The van der Waals surface area contributed by atoms with Crippen molar-refractivity contribution < 1.29 is 47.8 Å². The third kappa shape index (κ3) is 39.7. The zero-order chi connectivity index (χ0) is 40.5. The molecule has 0 aliphatic rings. The van der Waals surface area contributed by atoms with E-state index >= 15 is 0 Å². The van der Waals surface area contributed by atoms with Crippen molar-refractivity contribution >= 4 is 19.8 Å².